The SMILES string of the molecule is CC(O[Si]OC(C)c1c(F)c(F)c(F)c(F)c1F)c1c(F)c(F)c(F)c(F)c1F. The second-order valence-electron chi connectivity index (χ2n) is 5.57. The first-order chi connectivity index (χ1) is 13.4. The monoisotopic (exact) mass is 450 g/mol. The van der Waals surface area contributed by atoms with E-state index in [2.05, 4.69) is 0 Å². The van der Waals surface area contributed by atoms with E-state index in [4.69, 9.17) is 8.85 Å². The third-order valence-electron chi connectivity index (χ3n) is 3.75. The van der Waals surface area contributed by atoms with E-state index in [1.807, 2.05) is 0 Å². The summed E-state index contributed by atoms with van der Waals surface area (Å²) in [5, 5.41) is 0. The van der Waals surface area contributed by atoms with E-state index < -0.39 is 91.5 Å². The van der Waals surface area contributed by atoms with Gasteiger partial charge < -0.3 is 8.85 Å². The van der Waals surface area contributed by atoms with Crippen molar-refractivity contribution in [1.82, 2.24) is 0 Å². The first-order valence-corrected chi connectivity index (χ1v) is 8.32. The summed E-state index contributed by atoms with van der Waals surface area (Å²) >= 11 is 0. The van der Waals surface area contributed by atoms with Crippen molar-refractivity contribution in [2.45, 2.75) is 26.1 Å². The minimum absolute atomic E-state index is 0.887. The molecule has 13 heteroatoms. The Hall–Kier alpha value is -2.12. The lowest BCUT2D eigenvalue weighted by atomic mass is 10.1. The van der Waals surface area contributed by atoms with Gasteiger partial charge in [0.1, 0.15) is 0 Å². The third kappa shape index (κ3) is 4.11. The fourth-order valence-electron chi connectivity index (χ4n) is 2.25. The van der Waals surface area contributed by atoms with Gasteiger partial charge >= 0.3 is 10.0 Å². The Morgan fingerprint density at radius 1 is 0.448 bits per heavy atom. The van der Waals surface area contributed by atoms with Gasteiger partial charge in [-0.1, -0.05) is 0 Å². The van der Waals surface area contributed by atoms with Crippen molar-refractivity contribution in [2.75, 3.05) is 0 Å². The molecule has 0 heterocycles. The van der Waals surface area contributed by atoms with Gasteiger partial charge in [0.2, 0.25) is 11.6 Å². The Morgan fingerprint density at radius 3 is 0.897 bits per heavy atom. The lowest BCUT2D eigenvalue weighted by Gasteiger charge is -2.18. The molecule has 2 radical (unpaired) electrons. The molecule has 0 bridgehead atoms. The van der Waals surface area contributed by atoms with Crippen LogP contribution >= 0.6 is 0 Å². The summed E-state index contributed by atoms with van der Waals surface area (Å²) in [6, 6.07) is 0. The summed E-state index contributed by atoms with van der Waals surface area (Å²) in [6.07, 6.45) is -3.55. The second-order valence-corrected chi connectivity index (χ2v) is 6.21. The van der Waals surface area contributed by atoms with Crippen molar-refractivity contribution in [3.05, 3.63) is 69.3 Å². The first-order valence-electron chi connectivity index (χ1n) is 7.50. The summed E-state index contributed by atoms with van der Waals surface area (Å²) in [5.41, 5.74) is -2.66. The fourth-order valence-corrected chi connectivity index (χ4v) is 2.83. The normalized spacial score (nSPS) is 13.7. The van der Waals surface area contributed by atoms with Crippen molar-refractivity contribution >= 4 is 10.0 Å². The number of halogens is 10. The molecule has 2 atom stereocenters. The maximum Gasteiger partial charge on any atom is 0.434 e. The van der Waals surface area contributed by atoms with Gasteiger partial charge in [-0.3, -0.25) is 0 Å². The van der Waals surface area contributed by atoms with Crippen LogP contribution in [-0.4, -0.2) is 10.0 Å². The summed E-state index contributed by atoms with van der Waals surface area (Å²) in [4.78, 5) is 0. The summed E-state index contributed by atoms with van der Waals surface area (Å²) in [6.45, 7) is 1.77. The van der Waals surface area contributed by atoms with Crippen molar-refractivity contribution in [3.63, 3.8) is 0 Å². The van der Waals surface area contributed by atoms with Crippen molar-refractivity contribution in [2.24, 2.45) is 0 Å². The molecule has 158 valence electrons. The predicted octanol–water partition coefficient (Wildman–Crippen LogP) is 5.47. The van der Waals surface area contributed by atoms with Crippen LogP contribution in [0, 0.1) is 58.2 Å². The zero-order valence-electron chi connectivity index (χ0n) is 14.3. The van der Waals surface area contributed by atoms with Crippen LogP contribution in [0.3, 0.4) is 0 Å². The van der Waals surface area contributed by atoms with E-state index in [-0.39, 0.29) is 0 Å². The van der Waals surface area contributed by atoms with Crippen LogP contribution in [-0.2, 0) is 8.85 Å². The first kappa shape index (κ1) is 23.2. The van der Waals surface area contributed by atoms with Gasteiger partial charge in [0.25, 0.3) is 0 Å². The number of rotatable bonds is 6. The topological polar surface area (TPSA) is 18.5 Å². The van der Waals surface area contributed by atoms with Crippen LogP contribution in [0.15, 0.2) is 0 Å². The maximum atomic E-state index is 13.7. The standard InChI is InChI=1S/C16H8F10O2Si/c1-3(5-7(17)11(21)15(25)12(22)8(5)18)27-29-28-4(2)6-9(19)13(23)16(26)14(24)10(6)20/h3-4H,1-2H3. The van der Waals surface area contributed by atoms with Crippen molar-refractivity contribution < 1.29 is 52.8 Å². The zero-order chi connectivity index (χ0) is 22.2. The molecule has 0 N–H and O–H groups in total. The molecule has 0 spiro atoms. The van der Waals surface area contributed by atoms with Crippen LogP contribution in [0.2, 0.25) is 0 Å². The highest BCUT2D eigenvalue weighted by molar-refractivity contribution is 6.18. The molecule has 0 aliphatic rings. The van der Waals surface area contributed by atoms with Gasteiger partial charge in [0.15, 0.2) is 46.5 Å². The fraction of sp³-hybridized carbons (Fsp3) is 0.250. The van der Waals surface area contributed by atoms with Gasteiger partial charge in [0.05, 0.1) is 23.3 Å². The Bertz CT molecular complexity index is 819. The van der Waals surface area contributed by atoms with Gasteiger partial charge in [-0.05, 0) is 13.8 Å². The number of hydrogen-bond acceptors (Lipinski definition) is 2. The lowest BCUT2D eigenvalue weighted by molar-refractivity contribution is 0.125. The van der Waals surface area contributed by atoms with E-state index in [9.17, 15) is 43.9 Å². The van der Waals surface area contributed by atoms with E-state index >= 15 is 0 Å². The van der Waals surface area contributed by atoms with Crippen molar-refractivity contribution in [3.8, 4) is 0 Å². The Morgan fingerprint density at radius 2 is 0.655 bits per heavy atom. The Labute approximate surface area is 159 Å². The predicted molar refractivity (Wildman–Crippen MR) is 77.2 cm³/mol. The quantitative estimate of drug-likeness (QED) is 0.252. The zero-order valence-corrected chi connectivity index (χ0v) is 15.3. The number of hydrogen-bond donors (Lipinski definition) is 0. The average Bonchev–Trinajstić information content (AvgIpc) is 2.68. The van der Waals surface area contributed by atoms with Gasteiger partial charge in [-0.2, -0.15) is 0 Å². The summed E-state index contributed by atoms with van der Waals surface area (Å²) in [5.74, 6) is -22.3. The molecule has 0 aliphatic heterocycles. The molecule has 2 rings (SSSR count). The minimum atomic E-state index is -2.38. The molecule has 0 aliphatic carbocycles. The molecule has 29 heavy (non-hydrogen) atoms. The minimum Gasteiger partial charge on any atom is -0.385 e. The third-order valence-corrected chi connectivity index (χ3v) is 4.65. The van der Waals surface area contributed by atoms with E-state index in [1.54, 1.807) is 0 Å². The molecule has 0 aromatic heterocycles. The molecule has 0 saturated heterocycles. The summed E-state index contributed by atoms with van der Waals surface area (Å²) < 4.78 is 143. The molecule has 0 saturated carbocycles. The van der Waals surface area contributed by atoms with Crippen molar-refractivity contribution in [1.29, 1.82) is 0 Å². The molecule has 2 unspecified atom stereocenters. The highest BCUT2D eigenvalue weighted by Crippen LogP contribution is 2.31. The molecular formula is C16H8F10O2Si. The highest BCUT2D eigenvalue weighted by atomic mass is 28.3. The molecule has 2 nitrogen and oxygen atoms in total. The smallest absolute Gasteiger partial charge is 0.385 e. The van der Waals surface area contributed by atoms with Crippen LogP contribution in [0.4, 0.5) is 43.9 Å². The molecule has 0 fully saturated rings. The van der Waals surface area contributed by atoms with E-state index in [0.717, 1.165) is 13.8 Å². The summed E-state index contributed by atoms with van der Waals surface area (Å²) in [7, 11) is -1.33. The Kier molecular flexibility index (Phi) is 6.96. The second kappa shape index (κ2) is 8.71. The van der Waals surface area contributed by atoms with Crippen LogP contribution in [0.25, 0.3) is 0 Å². The lowest BCUT2D eigenvalue weighted by Crippen LogP contribution is -2.18. The molecule has 2 aromatic carbocycles. The Balaban J connectivity index is 2.18. The van der Waals surface area contributed by atoms with E-state index in [1.165, 1.54) is 0 Å². The van der Waals surface area contributed by atoms with Crippen LogP contribution < -0.4 is 0 Å². The largest absolute Gasteiger partial charge is 0.434 e. The van der Waals surface area contributed by atoms with Gasteiger partial charge in [0, 0.05) is 0 Å². The van der Waals surface area contributed by atoms with E-state index in [0.29, 0.717) is 0 Å². The number of benzene rings is 2. The molecule has 0 amide bonds. The molecular weight excluding hydrogens is 442 g/mol. The average molecular weight is 450 g/mol. The highest BCUT2D eigenvalue weighted by Gasteiger charge is 2.31. The van der Waals surface area contributed by atoms with Crippen LogP contribution in [0.5, 0.6) is 0 Å². The van der Waals surface area contributed by atoms with Gasteiger partial charge in [-0.25, -0.2) is 43.9 Å². The maximum absolute atomic E-state index is 13.7. The van der Waals surface area contributed by atoms with Gasteiger partial charge in [-0.15, -0.1) is 0 Å². The van der Waals surface area contributed by atoms with Crippen LogP contribution in [0.1, 0.15) is 37.2 Å². The molecule has 2 aromatic rings.